The van der Waals surface area contributed by atoms with Gasteiger partial charge < -0.3 is 24.6 Å². The smallest absolute Gasteiger partial charge is 0.254 e. The van der Waals surface area contributed by atoms with Gasteiger partial charge in [0.2, 0.25) is 5.91 Å². The summed E-state index contributed by atoms with van der Waals surface area (Å²) in [5.41, 5.74) is 2.93. The van der Waals surface area contributed by atoms with Gasteiger partial charge in [0.05, 0.1) is 36.6 Å². The number of nitrogens with zero attached hydrogens (tertiary/aromatic N) is 4. The van der Waals surface area contributed by atoms with Crippen LogP contribution in [0.4, 0.5) is 11.4 Å². The molecular weight excluding hydrogens is 422 g/mol. The first-order valence-corrected chi connectivity index (χ1v) is 10.7. The summed E-state index contributed by atoms with van der Waals surface area (Å²) in [4.78, 5) is 29.0. The van der Waals surface area contributed by atoms with Crippen LogP contribution in [0.25, 0.3) is 5.69 Å². The van der Waals surface area contributed by atoms with Crippen LogP contribution in [-0.4, -0.2) is 73.5 Å². The van der Waals surface area contributed by atoms with Crippen LogP contribution in [0.3, 0.4) is 0 Å². The van der Waals surface area contributed by atoms with E-state index in [0.29, 0.717) is 24.3 Å². The van der Waals surface area contributed by atoms with Gasteiger partial charge in [-0.05, 0) is 30.3 Å². The zero-order valence-corrected chi connectivity index (χ0v) is 18.7. The lowest BCUT2D eigenvalue weighted by atomic mass is 10.1. The zero-order valence-electron chi connectivity index (χ0n) is 18.7. The highest BCUT2D eigenvalue weighted by Gasteiger charge is 2.24. The number of hydrogen-bond acceptors (Lipinski definition) is 6. The normalized spacial score (nSPS) is 13.6. The minimum atomic E-state index is -0.256. The molecule has 1 saturated heterocycles. The lowest BCUT2D eigenvalue weighted by Gasteiger charge is -2.36. The summed E-state index contributed by atoms with van der Waals surface area (Å²) in [6, 6.07) is 15.2. The van der Waals surface area contributed by atoms with Crippen molar-refractivity contribution in [1.29, 1.82) is 0 Å². The fourth-order valence-corrected chi connectivity index (χ4v) is 3.86. The molecule has 9 heteroatoms. The number of methoxy groups -OCH3 is 2. The Hall–Kier alpha value is -3.85. The van der Waals surface area contributed by atoms with E-state index in [1.807, 2.05) is 53.4 Å². The fourth-order valence-electron chi connectivity index (χ4n) is 3.86. The number of carbonyl (C=O) groups is 2. The molecular formula is C24H27N5O4. The van der Waals surface area contributed by atoms with Gasteiger partial charge in [-0.3, -0.25) is 9.59 Å². The van der Waals surface area contributed by atoms with E-state index in [2.05, 4.69) is 15.3 Å². The molecule has 0 atom stereocenters. The molecule has 1 aliphatic rings. The average molecular weight is 450 g/mol. The van der Waals surface area contributed by atoms with Crippen LogP contribution in [-0.2, 0) is 9.53 Å². The second kappa shape index (κ2) is 10.2. The Morgan fingerprint density at radius 1 is 1.03 bits per heavy atom. The predicted octanol–water partition coefficient (Wildman–Crippen LogP) is 2.43. The summed E-state index contributed by atoms with van der Waals surface area (Å²) in [6.45, 7) is 2.68. The third kappa shape index (κ3) is 5.15. The van der Waals surface area contributed by atoms with Crippen LogP contribution in [0.1, 0.15) is 10.4 Å². The summed E-state index contributed by atoms with van der Waals surface area (Å²) >= 11 is 0. The highest BCUT2D eigenvalue weighted by atomic mass is 16.5. The summed E-state index contributed by atoms with van der Waals surface area (Å²) in [7, 11) is 3.13. The van der Waals surface area contributed by atoms with Gasteiger partial charge in [0.1, 0.15) is 12.4 Å². The van der Waals surface area contributed by atoms with Crippen molar-refractivity contribution in [3.63, 3.8) is 0 Å². The molecule has 0 spiro atoms. The van der Waals surface area contributed by atoms with Crippen LogP contribution in [0, 0.1) is 0 Å². The second-order valence-corrected chi connectivity index (χ2v) is 7.66. The van der Waals surface area contributed by atoms with E-state index >= 15 is 0 Å². The molecule has 172 valence electrons. The van der Waals surface area contributed by atoms with Gasteiger partial charge in [-0.2, -0.15) is 5.10 Å². The topological polar surface area (TPSA) is 88.9 Å². The van der Waals surface area contributed by atoms with E-state index < -0.39 is 0 Å². The standard InChI is InChI=1S/C24H27N5O4/c1-32-17-23(30)26-19-15-25-29(16-19)20-7-5-6-18(14-20)24(31)28-12-10-27(11-13-28)21-8-3-4-9-22(21)33-2/h3-9,14-16H,10-13,17H2,1-2H3,(H,26,30). The van der Waals surface area contributed by atoms with E-state index in [-0.39, 0.29) is 18.4 Å². The average Bonchev–Trinajstić information content (AvgIpc) is 3.32. The van der Waals surface area contributed by atoms with Gasteiger partial charge in [0.15, 0.2) is 0 Å². The molecule has 1 fully saturated rings. The van der Waals surface area contributed by atoms with Crippen molar-refractivity contribution in [2.45, 2.75) is 0 Å². The monoisotopic (exact) mass is 449 g/mol. The number of aromatic nitrogens is 2. The minimum Gasteiger partial charge on any atom is -0.495 e. The maximum atomic E-state index is 13.2. The number of rotatable bonds is 7. The van der Waals surface area contributed by atoms with Gasteiger partial charge in [0, 0.05) is 38.9 Å². The van der Waals surface area contributed by atoms with Gasteiger partial charge in [-0.25, -0.2) is 4.68 Å². The Morgan fingerprint density at radius 2 is 1.82 bits per heavy atom. The number of para-hydroxylation sites is 2. The van der Waals surface area contributed by atoms with Gasteiger partial charge >= 0.3 is 0 Å². The molecule has 1 aliphatic heterocycles. The minimum absolute atomic E-state index is 0.0164. The zero-order chi connectivity index (χ0) is 23.2. The highest BCUT2D eigenvalue weighted by Crippen LogP contribution is 2.28. The van der Waals surface area contributed by atoms with Gasteiger partial charge in [-0.1, -0.05) is 18.2 Å². The maximum Gasteiger partial charge on any atom is 0.254 e. The van der Waals surface area contributed by atoms with E-state index in [9.17, 15) is 9.59 Å². The lowest BCUT2D eigenvalue weighted by Crippen LogP contribution is -2.48. The van der Waals surface area contributed by atoms with Crippen molar-refractivity contribution in [2.75, 3.05) is 57.2 Å². The van der Waals surface area contributed by atoms with Crippen molar-refractivity contribution in [3.05, 3.63) is 66.5 Å². The molecule has 1 N–H and O–H groups in total. The molecule has 0 aliphatic carbocycles. The van der Waals surface area contributed by atoms with Crippen LogP contribution < -0.4 is 15.0 Å². The van der Waals surface area contributed by atoms with Crippen LogP contribution in [0.2, 0.25) is 0 Å². The fraction of sp³-hybridized carbons (Fsp3) is 0.292. The van der Waals surface area contributed by atoms with Crippen LogP contribution in [0.5, 0.6) is 5.75 Å². The summed E-state index contributed by atoms with van der Waals surface area (Å²) in [6.07, 6.45) is 3.25. The Morgan fingerprint density at radius 3 is 2.58 bits per heavy atom. The molecule has 33 heavy (non-hydrogen) atoms. The van der Waals surface area contributed by atoms with E-state index in [4.69, 9.17) is 9.47 Å². The maximum absolute atomic E-state index is 13.2. The Balaban J connectivity index is 1.41. The number of ether oxygens (including phenoxy) is 2. The quantitative estimate of drug-likeness (QED) is 0.596. The van der Waals surface area contributed by atoms with Crippen LogP contribution in [0.15, 0.2) is 60.9 Å². The molecule has 0 bridgehead atoms. The molecule has 9 nitrogen and oxygen atoms in total. The van der Waals surface area contributed by atoms with Crippen molar-refractivity contribution in [3.8, 4) is 11.4 Å². The molecule has 2 heterocycles. The molecule has 1 aromatic heterocycles. The summed E-state index contributed by atoms with van der Waals surface area (Å²) < 4.78 is 11.9. The highest BCUT2D eigenvalue weighted by molar-refractivity contribution is 5.95. The third-order valence-corrected chi connectivity index (χ3v) is 5.49. The number of hydrogen-bond donors (Lipinski definition) is 1. The predicted molar refractivity (Wildman–Crippen MR) is 125 cm³/mol. The van der Waals surface area contributed by atoms with Crippen molar-refractivity contribution < 1.29 is 19.1 Å². The molecule has 0 saturated carbocycles. The van der Waals surface area contributed by atoms with Gasteiger partial charge in [-0.15, -0.1) is 0 Å². The molecule has 2 aromatic carbocycles. The first-order chi connectivity index (χ1) is 16.1. The molecule has 2 amide bonds. The third-order valence-electron chi connectivity index (χ3n) is 5.49. The summed E-state index contributed by atoms with van der Waals surface area (Å²) in [5, 5.41) is 7.00. The summed E-state index contributed by atoms with van der Waals surface area (Å²) in [5.74, 6) is 0.563. The Kier molecular flexibility index (Phi) is 6.89. The lowest BCUT2D eigenvalue weighted by molar-refractivity contribution is -0.119. The van der Waals surface area contributed by atoms with E-state index in [1.165, 1.54) is 7.11 Å². The SMILES string of the molecule is COCC(=O)Nc1cnn(-c2cccc(C(=O)N3CCN(c4ccccc4OC)CC3)c2)c1. The largest absolute Gasteiger partial charge is 0.495 e. The number of anilines is 2. The Labute approximate surface area is 192 Å². The number of carbonyl (C=O) groups excluding carboxylic acids is 2. The number of piperazine rings is 1. The first kappa shape index (κ1) is 22.3. The van der Waals surface area contributed by atoms with E-state index in [1.54, 1.807) is 24.2 Å². The molecule has 0 unspecified atom stereocenters. The second-order valence-electron chi connectivity index (χ2n) is 7.66. The molecule has 0 radical (unpaired) electrons. The van der Waals surface area contributed by atoms with E-state index in [0.717, 1.165) is 30.2 Å². The molecule has 3 aromatic rings. The van der Waals surface area contributed by atoms with Gasteiger partial charge in [0.25, 0.3) is 5.91 Å². The van der Waals surface area contributed by atoms with Crippen molar-refractivity contribution >= 4 is 23.2 Å². The van der Waals surface area contributed by atoms with Crippen molar-refractivity contribution in [2.24, 2.45) is 0 Å². The number of benzene rings is 2. The molecule has 4 rings (SSSR count). The first-order valence-electron chi connectivity index (χ1n) is 10.7. The van der Waals surface area contributed by atoms with Crippen LogP contribution >= 0.6 is 0 Å². The van der Waals surface area contributed by atoms with Crippen molar-refractivity contribution in [1.82, 2.24) is 14.7 Å². The Bertz CT molecular complexity index is 1120. The number of amides is 2. The number of nitrogens with one attached hydrogen (secondary N) is 1.